The fraction of sp³-hybridized carbons (Fsp3) is 0.833. The average molecular weight is 182 g/mol. The first-order chi connectivity index (χ1) is 4.48. The van der Waals surface area contributed by atoms with Crippen molar-refractivity contribution in [1.82, 2.24) is 0 Å². The summed E-state index contributed by atoms with van der Waals surface area (Å²) in [5.74, 6) is 0.0709. The maximum Gasteiger partial charge on any atom is 0.185 e. The van der Waals surface area contributed by atoms with Crippen molar-refractivity contribution in [3.63, 3.8) is 0 Å². The van der Waals surface area contributed by atoms with E-state index in [0.717, 1.165) is 0 Å². The lowest BCUT2D eigenvalue weighted by Gasteiger charge is -2.17. The number of aliphatic hydroxyl groups excluding tert-OH is 1. The zero-order valence-electron chi connectivity index (χ0n) is 6.87. The molecule has 0 aromatic heterocycles. The van der Waals surface area contributed by atoms with Crippen molar-refractivity contribution in [2.45, 2.75) is 13.8 Å². The van der Waals surface area contributed by atoms with Crippen LogP contribution in [0.15, 0.2) is 4.99 Å². The number of rotatable bonds is 3. The van der Waals surface area contributed by atoms with Crippen LogP contribution in [0.2, 0.25) is 0 Å². The number of halogens is 1. The van der Waals surface area contributed by atoms with Gasteiger partial charge in [-0.2, -0.15) is 0 Å². The van der Waals surface area contributed by atoms with Gasteiger partial charge in [0.05, 0.1) is 6.54 Å². The Balaban J connectivity index is 0. The van der Waals surface area contributed by atoms with E-state index in [1.165, 1.54) is 0 Å². The van der Waals surface area contributed by atoms with Crippen LogP contribution in [0.3, 0.4) is 0 Å². The quantitative estimate of drug-likeness (QED) is 0.413. The lowest BCUT2D eigenvalue weighted by molar-refractivity contribution is 0.167. The molecule has 0 aromatic rings. The molecule has 5 heteroatoms. The number of aliphatic imine (C=N–C) groups is 1. The van der Waals surface area contributed by atoms with Gasteiger partial charge >= 0.3 is 0 Å². The summed E-state index contributed by atoms with van der Waals surface area (Å²) in [5, 5.41) is 8.76. The van der Waals surface area contributed by atoms with Crippen molar-refractivity contribution in [1.29, 1.82) is 0 Å². The molecule has 0 bridgehead atoms. The van der Waals surface area contributed by atoms with Gasteiger partial charge in [0.25, 0.3) is 0 Å². The van der Waals surface area contributed by atoms with Gasteiger partial charge in [-0.3, -0.25) is 4.99 Å². The highest BCUT2D eigenvalue weighted by Gasteiger charge is 2.14. The summed E-state index contributed by atoms with van der Waals surface area (Å²) in [5.41, 5.74) is 9.98. The molecule has 11 heavy (non-hydrogen) atoms. The maximum absolute atomic E-state index is 8.76. The standard InChI is InChI=1S/C6H15N3O.ClH/c1-6(2,4-10)3-9-5(7)8;/h10H,3-4H2,1-2H3,(H4,7,8,9);1H. The van der Waals surface area contributed by atoms with Crippen LogP contribution < -0.4 is 11.5 Å². The van der Waals surface area contributed by atoms with Gasteiger partial charge in [-0.25, -0.2) is 0 Å². The first kappa shape index (κ1) is 13.1. The predicted octanol–water partition coefficient (Wildman–Crippen LogP) is -0.300. The van der Waals surface area contributed by atoms with E-state index in [1.54, 1.807) is 0 Å². The predicted molar refractivity (Wildman–Crippen MR) is 48.8 cm³/mol. The zero-order chi connectivity index (χ0) is 8.20. The molecule has 4 nitrogen and oxygen atoms in total. The number of hydrogen-bond acceptors (Lipinski definition) is 2. The molecule has 0 spiro atoms. The highest BCUT2D eigenvalue weighted by molar-refractivity contribution is 5.85. The molecule has 0 aromatic carbocycles. The molecule has 0 fully saturated rings. The first-order valence-electron chi connectivity index (χ1n) is 3.14. The molecule has 0 rings (SSSR count). The van der Waals surface area contributed by atoms with E-state index in [4.69, 9.17) is 16.6 Å². The molecule has 0 amide bonds. The van der Waals surface area contributed by atoms with E-state index in [0.29, 0.717) is 6.54 Å². The summed E-state index contributed by atoms with van der Waals surface area (Å²) in [4.78, 5) is 3.78. The minimum Gasteiger partial charge on any atom is -0.396 e. The number of guanidine groups is 1. The monoisotopic (exact) mass is 181 g/mol. The van der Waals surface area contributed by atoms with Gasteiger partial charge in [-0.1, -0.05) is 13.8 Å². The van der Waals surface area contributed by atoms with Crippen LogP contribution in [0.5, 0.6) is 0 Å². The van der Waals surface area contributed by atoms with Gasteiger partial charge in [-0.15, -0.1) is 12.4 Å². The second kappa shape index (κ2) is 5.21. The fourth-order valence-electron chi connectivity index (χ4n) is 0.355. The lowest BCUT2D eigenvalue weighted by atomic mass is 9.95. The van der Waals surface area contributed by atoms with Gasteiger partial charge in [0, 0.05) is 12.0 Å². The Bertz CT molecular complexity index is 132. The van der Waals surface area contributed by atoms with Crippen LogP contribution in [0.25, 0.3) is 0 Å². The van der Waals surface area contributed by atoms with Crippen LogP contribution in [-0.4, -0.2) is 24.2 Å². The third kappa shape index (κ3) is 7.42. The van der Waals surface area contributed by atoms with Gasteiger partial charge < -0.3 is 16.6 Å². The fourth-order valence-corrected chi connectivity index (χ4v) is 0.355. The summed E-state index contributed by atoms with van der Waals surface area (Å²) in [6.07, 6.45) is 0. The Morgan fingerprint density at radius 3 is 2.18 bits per heavy atom. The van der Waals surface area contributed by atoms with Crippen LogP contribution in [0.4, 0.5) is 0 Å². The van der Waals surface area contributed by atoms with Crippen molar-refractivity contribution >= 4 is 18.4 Å². The topological polar surface area (TPSA) is 84.6 Å². The van der Waals surface area contributed by atoms with E-state index in [1.807, 2.05) is 13.8 Å². The molecule has 0 atom stereocenters. The summed E-state index contributed by atoms with van der Waals surface area (Å²) in [7, 11) is 0. The first-order valence-corrected chi connectivity index (χ1v) is 3.14. The SMILES string of the molecule is CC(C)(CO)CN=C(N)N.Cl. The van der Waals surface area contributed by atoms with Gasteiger partial charge in [0.1, 0.15) is 0 Å². The molecule has 0 saturated heterocycles. The van der Waals surface area contributed by atoms with E-state index < -0.39 is 0 Å². The number of nitrogens with zero attached hydrogens (tertiary/aromatic N) is 1. The van der Waals surface area contributed by atoms with E-state index in [-0.39, 0.29) is 30.4 Å². The van der Waals surface area contributed by atoms with Crippen molar-refractivity contribution in [2.24, 2.45) is 21.9 Å². The molecule has 0 saturated carbocycles. The number of aliphatic hydroxyl groups is 1. The third-order valence-electron chi connectivity index (χ3n) is 1.12. The summed E-state index contributed by atoms with van der Waals surface area (Å²) < 4.78 is 0. The Morgan fingerprint density at radius 2 is 1.91 bits per heavy atom. The lowest BCUT2D eigenvalue weighted by Crippen LogP contribution is -2.27. The van der Waals surface area contributed by atoms with Crippen LogP contribution >= 0.6 is 12.4 Å². The van der Waals surface area contributed by atoms with Crippen molar-refractivity contribution < 1.29 is 5.11 Å². The van der Waals surface area contributed by atoms with E-state index in [2.05, 4.69) is 4.99 Å². The average Bonchev–Trinajstić information content (AvgIpc) is 1.85. The molecular formula is C6H16ClN3O. The molecule has 0 aliphatic heterocycles. The molecule has 5 N–H and O–H groups in total. The second-order valence-corrected chi connectivity index (χ2v) is 3.06. The third-order valence-corrected chi connectivity index (χ3v) is 1.12. The molecule has 68 valence electrons. The van der Waals surface area contributed by atoms with Crippen molar-refractivity contribution in [3.8, 4) is 0 Å². The number of hydrogen-bond donors (Lipinski definition) is 3. The summed E-state index contributed by atoms with van der Waals surface area (Å²) >= 11 is 0. The highest BCUT2D eigenvalue weighted by Crippen LogP contribution is 2.12. The van der Waals surface area contributed by atoms with Crippen molar-refractivity contribution in [2.75, 3.05) is 13.2 Å². The van der Waals surface area contributed by atoms with Gasteiger partial charge in [0.2, 0.25) is 0 Å². The smallest absolute Gasteiger partial charge is 0.185 e. The molecular weight excluding hydrogens is 166 g/mol. The van der Waals surface area contributed by atoms with E-state index >= 15 is 0 Å². The van der Waals surface area contributed by atoms with E-state index in [9.17, 15) is 0 Å². The molecule has 0 aliphatic carbocycles. The molecule has 0 unspecified atom stereocenters. The summed E-state index contributed by atoms with van der Waals surface area (Å²) in [6, 6.07) is 0. The largest absolute Gasteiger partial charge is 0.396 e. The molecule has 0 heterocycles. The Morgan fingerprint density at radius 1 is 1.45 bits per heavy atom. The minimum absolute atomic E-state index is 0. The minimum atomic E-state index is -0.218. The molecule has 0 radical (unpaired) electrons. The van der Waals surface area contributed by atoms with Gasteiger partial charge in [-0.05, 0) is 0 Å². The highest BCUT2D eigenvalue weighted by atomic mass is 35.5. The van der Waals surface area contributed by atoms with Crippen LogP contribution in [0, 0.1) is 5.41 Å². The zero-order valence-corrected chi connectivity index (χ0v) is 7.69. The van der Waals surface area contributed by atoms with Gasteiger partial charge in [0.15, 0.2) is 5.96 Å². The number of nitrogens with two attached hydrogens (primary N) is 2. The summed E-state index contributed by atoms with van der Waals surface area (Å²) in [6.45, 7) is 4.33. The Kier molecular flexibility index (Phi) is 6.22. The molecule has 0 aliphatic rings. The maximum atomic E-state index is 8.76. The normalized spacial score (nSPS) is 10.1. The van der Waals surface area contributed by atoms with Crippen LogP contribution in [-0.2, 0) is 0 Å². The van der Waals surface area contributed by atoms with Crippen LogP contribution in [0.1, 0.15) is 13.8 Å². The second-order valence-electron chi connectivity index (χ2n) is 3.06. The Labute approximate surface area is 73.1 Å². The van der Waals surface area contributed by atoms with Crippen molar-refractivity contribution in [3.05, 3.63) is 0 Å². The Hall–Kier alpha value is -0.480.